The summed E-state index contributed by atoms with van der Waals surface area (Å²) >= 11 is 0. The number of benzene rings is 2. The molecule has 0 spiro atoms. The van der Waals surface area contributed by atoms with Gasteiger partial charge in [-0.15, -0.1) is 0 Å². The van der Waals surface area contributed by atoms with Crippen LogP contribution in [0.15, 0.2) is 84.0 Å². The summed E-state index contributed by atoms with van der Waals surface area (Å²) in [7, 11) is 1.92. The van der Waals surface area contributed by atoms with Crippen LogP contribution < -0.4 is 9.64 Å². The van der Waals surface area contributed by atoms with Crippen molar-refractivity contribution in [3.63, 3.8) is 0 Å². The molecular weight excluding hydrogens is 298 g/mol. The maximum Gasteiger partial charge on any atom is 0.344 e. The van der Waals surface area contributed by atoms with E-state index in [4.69, 9.17) is 11.6 Å². The first-order valence-electron chi connectivity index (χ1n) is 10.1. The van der Waals surface area contributed by atoms with Gasteiger partial charge in [0.25, 0.3) is 0 Å². The molecule has 4 rings (SSSR count). The molecule has 0 radical (unpaired) electrons. The van der Waals surface area contributed by atoms with Gasteiger partial charge in [0.05, 0.1) is 12.4 Å². The molecule has 0 saturated heterocycles. The van der Waals surface area contributed by atoms with E-state index in [0.717, 1.165) is 17.0 Å². The van der Waals surface area contributed by atoms with Crippen molar-refractivity contribution < 1.29 is 16.4 Å². The number of para-hydroxylation sites is 2. The van der Waals surface area contributed by atoms with Gasteiger partial charge < -0.3 is 9.64 Å². The number of nitrogens with zero attached hydrogens (tertiary/aromatic N) is 1. The molecule has 0 bridgehead atoms. The Morgan fingerprint density at radius 1 is 1.21 bits per heavy atom. The highest BCUT2D eigenvalue weighted by molar-refractivity contribution is 6.22. The number of allylic oxidation sites excluding steroid dienone is 4. The zero-order valence-electron chi connectivity index (χ0n) is 18.0. The molecule has 2 aliphatic rings. The van der Waals surface area contributed by atoms with Crippen LogP contribution in [0.5, 0.6) is 5.75 Å². The number of carbonyl (C=O) groups excluding carboxylic acids is 1. The van der Waals surface area contributed by atoms with Crippen LogP contribution in [0.1, 0.15) is 18.8 Å². The van der Waals surface area contributed by atoms with Crippen LogP contribution in [-0.4, -0.2) is 13.0 Å². The van der Waals surface area contributed by atoms with E-state index in [9.17, 15) is 4.79 Å². The van der Waals surface area contributed by atoms with E-state index in [1.165, 1.54) is 0 Å². The summed E-state index contributed by atoms with van der Waals surface area (Å²) in [6, 6.07) is 4.68. The molecule has 3 nitrogen and oxygen atoms in total. The first-order chi connectivity index (χ1) is 13.8. The monoisotopic (exact) mass is 320 g/mol. The Bertz CT molecular complexity index is 1120. The quantitative estimate of drug-likeness (QED) is 0.609. The summed E-state index contributed by atoms with van der Waals surface area (Å²) in [5, 5.41) is 0. The van der Waals surface area contributed by atoms with Crippen molar-refractivity contribution >= 4 is 17.2 Å². The van der Waals surface area contributed by atoms with Gasteiger partial charge >= 0.3 is 5.97 Å². The fraction of sp³-hybridized carbons (Fsp3) is 0.0952. The molecule has 0 unspecified atom stereocenters. The second-order valence-electron chi connectivity index (χ2n) is 5.46. The predicted molar refractivity (Wildman–Crippen MR) is 95.7 cm³/mol. The Kier molecular flexibility index (Phi) is 2.42. The third-order valence-corrected chi connectivity index (χ3v) is 4.10. The van der Waals surface area contributed by atoms with Gasteiger partial charge in [0, 0.05) is 24.0 Å². The van der Waals surface area contributed by atoms with Crippen molar-refractivity contribution in [2.75, 3.05) is 11.9 Å². The first kappa shape index (κ1) is 9.93. The van der Waals surface area contributed by atoms with Crippen LogP contribution in [-0.2, 0) is 4.79 Å². The van der Waals surface area contributed by atoms with E-state index in [2.05, 4.69) is 0 Å². The van der Waals surface area contributed by atoms with Crippen molar-refractivity contribution in [3.05, 3.63) is 89.5 Å². The number of anilines is 1. The number of likely N-dealkylation sites (N-methyl/N-ethyl adjacent to an activating group) is 1. The number of ether oxygens (including phenoxy) is 1. The molecule has 0 aromatic heterocycles. The lowest BCUT2D eigenvalue weighted by Crippen LogP contribution is -2.27. The predicted octanol–water partition coefficient (Wildman–Crippen LogP) is 4.34. The minimum Gasteiger partial charge on any atom is -0.423 e. The van der Waals surface area contributed by atoms with E-state index in [0.29, 0.717) is 17.6 Å². The summed E-state index contributed by atoms with van der Waals surface area (Å²) in [5.41, 5.74) is 3.46. The number of fused-ring (bicyclic) bond motifs is 2. The van der Waals surface area contributed by atoms with Gasteiger partial charge in [0.1, 0.15) is 5.75 Å². The molecule has 0 N–H and O–H groups in total. The summed E-state index contributed by atoms with van der Waals surface area (Å²) in [4.78, 5) is 15.2. The van der Waals surface area contributed by atoms with Crippen LogP contribution in [0.25, 0.3) is 5.57 Å². The van der Waals surface area contributed by atoms with E-state index in [-0.39, 0.29) is 0 Å². The molecular formula is C21H17NO2. The largest absolute Gasteiger partial charge is 0.423 e. The smallest absolute Gasteiger partial charge is 0.344 e. The molecule has 3 heteroatoms. The molecule has 0 amide bonds. The molecule has 0 saturated carbocycles. The van der Waals surface area contributed by atoms with Crippen molar-refractivity contribution in [3.8, 4) is 5.75 Å². The second-order valence-corrected chi connectivity index (χ2v) is 5.46. The molecule has 2 aromatic carbocycles. The molecule has 0 fully saturated rings. The molecule has 0 atom stereocenters. The van der Waals surface area contributed by atoms with Gasteiger partial charge in [-0.1, -0.05) is 48.5 Å². The Balaban J connectivity index is 1.86. The lowest BCUT2D eigenvalue weighted by atomic mass is 9.87. The molecule has 24 heavy (non-hydrogen) atoms. The molecule has 118 valence electrons. The fourth-order valence-electron chi connectivity index (χ4n) is 3.03. The number of carbonyl (C=O) groups is 1. The number of hydrogen-bond acceptors (Lipinski definition) is 3. The van der Waals surface area contributed by atoms with E-state index in [1.807, 2.05) is 54.4 Å². The van der Waals surface area contributed by atoms with Gasteiger partial charge in [-0.2, -0.15) is 0 Å². The Hall–Kier alpha value is -3.07. The van der Waals surface area contributed by atoms with Gasteiger partial charge in [-0.25, -0.2) is 4.79 Å². The normalized spacial score (nSPS) is 18.5. The van der Waals surface area contributed by atoms with Crippen LogP contribution in [0, 0.1) is 0 Å². The highest BCUT2D eigenvalue weighted by Crippen LogP contribution is 2.42. The van der Waals surface area contributed by atoms with Crippen LogP contribution in [0.2, 0.25) is 0 Å². The Morgan fingerprint density at radius 3 is 2.83 bits per heavy atom. The number of rotatable bonds is 2. The topological polar surface area (TPSA) is 29.5 Å². The zero-order valence-corrected chi connectivity index (χ0v) is 13.0. The van der Waals surface area contributed by atoms with Crippen molar-refractivity contribution in [1.82, 2.24) is 0 Å². The molecule has 1 aliphatic heterocycles. The van der Waals surface area contributed by atoms with Crippen molar-refractivity contribution in [2.45, 2.75) is 6.42 Å². The average molecular weight is 320 g/mol. The number of esters is 1. The van der Waals surface area contributed by atoms with E-state index in [1.54, 1.807) is 0 Å². The lowest BCUT2D eigenvalue weighted by Gasteiger charge is -2.34. The van der Waals surface area contributed by atoms with Crippen molar-refractivity contribution in [1.29, 1.82) is 0 Å². The third kappa shape index (κ3) is 2.35. The Labute approximate surface area is 148 Å². The standard InChI is InChI=1S/C21H17NO2/c1-22-18-13-7-5-11-16(18)20(17-12-6-8-14-19(17)22)21(23)24-15-9-3-2-4-10-15/h2-11,13-14H,12H2,1H3/i2D,3D,4D,9D,10D. The molecule has 1 aliphatic carbocycles. The summed E-state index contributed by atoms with van der Waals surface area (Å²) < 4.78 is 44.7. The SMILES string of the molecule is [2H]c1c([2H])c([2H])c(OC(=O)C2=C3CC=CC=C3N(C)c3ccccc32)c([2H])c1[2H]. The maximum absolute atomic E-state index is 13.2. The van der Waals surface area contributed by atoms with E-state index >= 15 is 0 Å². The van der Waals surface area contributed by atoms with Crippen LogP contribution >= 0.6 is 0 Å². The Morgan fingerprint density at radius 2 is 2.00 bits per heavy atom. The van der Waals surface area contributed by atoms with Gasteiger partial charge in [-0.3, -0.25) is 0 Å². The van der Waals surface area contributed by atoms with Crippen LogP contribution in [0.3, 0.4) is 0 Å². The highest BCUT2D eigenvalue weighted by atomic mass is 16.5. The second kappa shape index (κ2) is 5.85. The van der Waals surface area contributed by atoms with Crippen molar-refractivity contribution in [2.24, 2.45) is 0 Å². The fourth-order valence-corrected chi connectivity index (χ4v) is 3.03. The zero-order chi connectivity index (χ0) is 20.9. The van der Waals surface area contributed by atoms with Gasteiger partial charge in [-0.05, 0) is 36.2 Å². The van der Waals surface area contributed by atoms with Crippen LogP contribution in [0.4, 0.5) is 5.69 Å². The summed E-state index contributed by atoms with van der Waals surface area (Å²) in [6.07, 6.45) is 6.28. The highest BCUT2D eigenvalue weighted by Gasteiger charge is 2.31. The van der Waals surface area contributed by atoms with E-state index < -0.39 is 41.9 Å². The summed E-state index contributed by atoms with van der Waals surface area (Å²) in [6.45, 7) is 0. The minimum atomic E-state index is -0.750. The minimum absolute atomic E-state index is 0.334. The number of hydrogen-bond donors (Lipinski definition) is 0. The van der Waals surface area contributed by atoms with Gasteiger partial charge in [0.15, 0.2) is 0 Å². The lowest BCUT2D eigenvalue weighted by molar-refractivity contribution is -0.128. The molecule has 1 heterocycles. The summed E-state index contributed by atoms with van der Waals surface area (Å²) in [5.74, 6) is -1.22. The molecule has 2 aromatic rings. The third-order valence-electron chi connectivity index (χ3n) is 4.10. The van der Waals surface area contributed by atoms with Gasteiger partial charge in [0.2, 0.25) is 0 Å². The maximum atomic E-state index is 13.2. The first-order valence-corrected chi connectivity index (χ1v) is 7.55. The average Bonchev–Trinajstić information content (AvgIpc) is 2.74.